The second kappa shape index (κ2) is 6.07. The molecule has 26 heavy (non-hydrogen) atoms. The summed E-state index contributed by atoms with van der Waals surface area (Å²) in [7, 11) is 6.92. The number of ether oxygens (including phenoxy) is 3. The topological polar surface area (TPSA) is 71.4 Å². The van der Waals surface area contributed by atoms with Crippen LogP contribution in [0.5, 0.6) is 23.0 Å². The molecule has 0 saturated carbocycles. The lowest BCUT2D eigenvalue weighted by Crippen LogP contribution is -2.38. The van der Waals surface area contributed by atoms with E-state index in [9.17, 15) is 10.2 Å². The molecule has 2 N–H and O–H groups in total. The first kappa shape index (κ1) is 17.0. The highest BCUT2D eigenvalue weighted by Crippen LogP contribution is 2.55. The highest BCUT2D eigenvalue weighted by atomic mass is 16.5. The molecular formula is C20H23NO5. The molecule has 1 aliphatic heterocycles. The van der Waals surface area contributed by atoms with E-state index in [1.165, 1.54) is 0 Å². The van der Waals surface area contributed by atoms with Crippen LogP contribution >= 0.6 is 0 Å². The molecule has 0 radical (unpaired) electrons. The molecular weight excluding hydrogens is 334 g/mol. The quantitative estimate of drug-likeness (QED) is 0.823. The maximum Gasteiger partial charge on any atom is 0.165 e. The highest BCUT2D eigenvalue weighted by molar-refractivity contribution is 5.84. The van der Waals surface area contributed by atoms with Crippen LogP contribution in [0.2, 0.25) is 0 Å². The number of phenolic OH excluding ortho intramolecular Hbond substituents is 2. The maximum atomic E-state index is 10.7. The number of hydrogen-bond donors (Lipinski definition) is 2. The number of phenols is 2. The van der Waals surface area contributed by atoms with Crippen molar-refractivity contribution in [1.29, 1.82) is 0 Å². The third kappa shape index (κ3) is 2.26. The molecule has 6 heteroatoms. The normalized spacial score (nSPS) is 21.1. The standard InChI is InChI=1S/C20H23NO5/c1-21-9-17(26-4)12-7-14(22)20(23)19-11-8-16(25-3)15(24-2)6-10(11)5-13(21)18(12)19/h6-8,13,17,22-23H,5,9H2,1-4H3. The summed E-state index contributed by atoms with van der Waals surface area (Å²) in [5.74, 6) is 1.01. The SMILES string of the molecule is COc1cc2c(cc1OC)-c1c(O)c(O)cc3c1C(C2)N(C)CC3OC. The van der Waals surface area contributed by atoms with Gasteiger partial charge in [0.05, 0.1) is 20.3 Å². The van der Waals surface area contributed by atoms with Gasteiger partial charge in [-0.1, -0.05) is 0 Å². The molecule has 0 spiro atoms. The molecule has 2 aliphatic rings. The van der Waals surface area contributed by atoms with Crippen molar-refractivity contribution in [3.8, 4) is 34.1 Å². The maximum absolute atomic E-state index is 10.7. The van der Waals surface area contributed by atoms with Gasteiger partial charge in [0.15, 0.2) is 23.0 Å². The number of benzene rings is 2. The fraction of sp³-hybridized carbons (Fsp3) is 0.400. The first-order chi connectivity index (χ1) is 12.5. The molecule has 0 saturated heterocycles. The lowest BCUT2D eigenvalue weighted by molar-refractivity contribution is 0.0418. The molecule has 1 aliphatic carbocycles. The summed E-state index contributed by atoms with van der Waals surface area (Å²) < 4.78 is 16.5. The Bertz CT molecular complexity index is 879. The van der Waals surface area contributed by atoms with E-state index < -0.39 is 0 Å². The van der Waals surface area contributed by atoms with Crippen LogP contribution < -0.4 is 9.47 Å². The predicted molar refractivity (Wildman–Crippen MR) is 97.1 cm³/mol. The zero-order valence-corrected chi connectivity index (χ0v) is 15.4. The molecule has 0 fully saturated rings. The van der Waals surface area contributed by atoms with Crippen molar-refractivity contribution in [1.82, 2.24) is 4.90 Å². The van der Waals surface area contributed by atoms with Gasteiger partial charge in [-0.25, -0.2) is 0 Å². The Morgan fingerprint density at radius 2 is 1.73 bits per heavy atom. The zero-order valence-electron chi connectivity index (χ0n) is 15.4. The van der Waals surface area contributed by atoms with Gasteiger partial charge in [0.25, 0.3) is 0 Å². The molecule has 0 aromatic heterocycles. The van der Waals surface area contributed by atoms with Crippen LogP contribution in [0, 0.1) is 0 Å². The van der Waals surface area contributed by atoms with E-state index in [1.807, 2.05) is 12.1 Å². The van der Waals surface area contributed by atoms with Gasteiger partial charge < -0.3 is 24.4 Å². The second-order valence-corrected chi connectivity index (χ2v) is 6.87. The second-order valence-electron chi connectivity index (χ2n) is 6.87. The summed E-state index contributed by atoms with van der Waals surface area (Å²) in [5.41, 5.74) is 4.51. The van der Waals surface area contributed by atoms with Gasteiger partial charge in [0.2, 0.25) is 0 Å². The van der Waals surface area contributed by atoms with Crippen LogP contribution in [0.15, 0.2) is 18.2 Å². The molecule has 2 atom stereocenters. The first-order valence-electron chi connectivity index (χ1n) is 8.57. The summed E-state index contributed by atoms with van der Waals surface area (Å²) >= 11 is 0. The largest absolute Gasteiger partial charge is 0.504 e. The van der Waals surface area contributed by atoms with Gasteiger partial charge in [-0.2, -0.15) is 0 Å². The van der Waals surface area contributed by atoms with Crippen molar-refractivity contribution in [2.24, 2.45) is 0 Å². The van der Waals surface area contributed by atoms with Crippen LogP contribution in [-0.2, 0) is 11.2 Å². The van der Waals surface area contributed by atoms with E-state index in [2.05, 4.69) is 11.9 Å². The highest BCUT2D eigenvalue weighted by Gasteiger charge is 2.39. The number of hydrogen-bond acceptors (Lipinski definition) is 6. The number of rotatable bonds is 3. The zero-order chi connectivity index (χ0) is 18.6. The molecule has 138 valence electrons. The summed E-state index contributed by atoms with van der Waals surface area (Å²) in [5, 5.41) is 21.1. The average Bonchev–Trinajstić information content (AvgIpc) is 2.65. The number of nitrogens with zero attached hydrogens (tertiary/aromatic N) is 1. The number of likely N-dealkylation sites (N-methyl/N-ethyl adjacent to an activating group) is 1. The van der Waals surface area contributed by atoms with E-state index >= 15 is 0 Å². The van der Waals surface area contributed by atoms with Crippen LogP contribution in [0.1, 0.15) is 28.8 Å². The molecule has 2 aromatic carbocycles. The van der Waals surface area contributed by atoms with Crippen molar-refractivity contribution < 1.29 is 24.4 Å². The number of fused-ring (bicyclic) bond motifs is 2. The Hall–Kier alpha value is -2.44. The first-order valence-corrected chi connectivity index (χ1v) is 8.57. The lowest BCUT2D eigenvalue weighted by Gasteiger charge is -2.43. The van der Waals surface area contributed by atoms with Gasteiger partial charge in [-0.3, -0.25) is 4.90 Å². The third-order valence-corrected chi connectivity index (χ3v) is 5.59. The van der Waals surface area contributed by atoms with Crippen molar-refractivity contribution in [2.75, 3.05) is 34.9 Å². The van der Waals surface area contributed by atoms with E-state index in [1.54, 1.807) is 27.4 Å². The van der Waals surface area contributed by atoms with E-state index in [0.717, 1.165) is 35.2 Å². The van der Waals surface area contributed by atoms with Gasteiger partial charge in [0, 0.05) is 25.3 Å². The van der Waals surface area contributed by atoms with Crippen molar-refractivity contribution >= 4 is 0 Å². The summed E-state index contributed by atoms with van der Waals surface area (Å²) in [6, 6.07) is 5.56. The minimum atomic E-state index is -0.154. The molecule has 6 nitrogen and oxygen atoms in total. The number of aromatic hydroxyl groups is 2. The molecule has 2 aromatic rings. The van der Waals surface area contributed by atoms with Crippen LogP contribution in [-0.4, -0.2) is 50.0 Å². The van der Waals surface area contributed by atoms with Crippen molar-refractivity contribution in [3.63, 3.8) is 0 Å². The van der Waals surface area contributed by atoms with Gasteiger partial charge in [0.1, 0.15) is 0 Å². The molecule has 2 unspecified atom stereocenters. The fourth-order valence-electron chi connectivity index (χ4n) is 4.29. The Kier molecular flexibility index (Phi) is 3.97. The minimum absolute atomic E-state index is 0.100. The van der Waals surface area contributed by atoms with Gasteiger partial charge >= 0.3 is 0 Å². The van der Waals surface area contributed by atoms with Crippen LogP contribution in [0.25, 0.3) is 11.1 Å². The molecule has 4 rings (SSSR count). The monoisotopic (exact) mass is 357 g/mol. The summed E-state index contributed by atoms with van der Waals surface area (Å²) in [4.78, 5) is 2.23. The van der Waals surface area contributed by atoms with Gasteiger partial charge in [-0.05, 0) is 53.9 Å². The average molecular weight is 357 g/mol. The van der Waals surface area contributed by atoms with Crippen LogP contribution in [0.3, 0.4) is 0 Å². The Labute approximate surface area is 152 Å². The Balaban J connectivity index is 2.05. The van der Waals surface area contributed by atoms with Crippen molar-refractivity contribution in [2.45, 2.75) is 18.6 Å². The summed E-state index contributed by atoms with van der Waals surface area (Å²) in [6.07, 6.45) is 0.630. The van der Waals surface area contributed by atoms with E-state index in [4.69, 9.17) is 14.2 Å². The van der Waals surface area contributed by atoms with Crippen LogP contribution in [0.4, 0.5) is 0 Å². The molecule has 1 heterocycles. The molecule has 0 amide bonds. The Morgan fingerprint density at radius 3 is 2.38 bits per heavy atom. The predicted octanol–water partition coefficient (Wildman–Crippen LogP) is 3.01. The fourth-order valence-corrected chi connectivity index (χ4v) is 4.29. The summed E-state index contributed by atoms with van der Waals surface area (Å²) in [6.45, 7) is 0.723. The Morgan fingerprint density at radius 1 is 1.04 bits per heavy atom. The lowest BCUT2D eigenvalue weighted by atomic mass is 9.76. The van der Waals surface area contributed by atoms with E-state index in [-0.39, 0.29) is 23.6 Å². The minimum Gasteiger partial charge on any atom is -0.504 e. The smallest absolute Gasteiger partial charge is 0.165 e. The van der Waals surface area contributed by atoms with E-state index in [0.29, 0.717) is 17.1 Å². The van der Waals surface area contributed by atoms with Crippen molar-refractivity contribution in [3.05, 3.63) is 34.9 Å². The number of methoxy groups -OCH3 is 3. The molecule has 0 bridgehead atoms. The third-order valence-electron chi connectivity index (χ3n) is 5.59. The van der Waals surface area contributed by atoms with Gasteiger partial charge in [-0.15, -0.1) is 0 Å².